The predicted octanol–water partition coefficient (Wildman–Crippen LogP) is 1.48. The maximum Gasteiger partial charge on any atom is 0.262 e. The summed E-state index contributed by atoms with van der Waals surface area (Å²) in [6.45, 7) is 0.540. The number of imidazole rings is 1. The predicted molar refractivity (Wildman–Crippen MR) is 103 cm³/mol. The number of methoxy groups -OCH3 is 2. The highest BCUT2D eigenvalue weighted by Crippen LogP contribution is 2.30. The summed E-state index contributed by atoms with van der Waals surface area (Å²) in [5.41, 5.74) is 0.524. The van der Waals surface area contributed by atoms with Crippen molar-refractivity contribution >= 4 is 21.6 Å². The molecule has 10 heteroatoms. The van der Waals surface area contributed by atoms with E-state index in [2.05, 4.69) is 10.3 Å². The van der Waals surface area contributed by atoms with Gasteiger partial charge in [-0.2, -0.15) is 4.31 Å². The minimum absolute atomic E-state index is 0.0269. The lowest BCUT2D eigenvalue weighted by molar-refractivity contribution is -0.120. The highest BCUT2D eigenvalue weighted by Gasteiger charge is 2.33. The third kappa shape index (κ3) is 4.12. The molecule has 0 aliphatic carbocycles. The second-order valence-electron chi connectivity index (χ2n) is 6.61. The molecule has 3 rings (SSSR count). The zero-order valence-electron chi connectivity index (χ0n) is 16.1. The molecular weight excluding hydrogens is 384 g/mol. The Balaban J connectivity index is 1.64. The van der Waals surface area contributed by atoms with Gasteiger partial charge in [0.25, 0.3) is 10.0 Å². The fourth-order valence-electron chi connectivity index (χ4n) is 3.16. The Morgan fingerprint density at radius 2 is 1.93 bits per heavy atom. The minimum atomic E-state index is -3.64. The van der Waals surface area contributed by atoms with Crippen LogP contribution in [0, 0.1) is 5.92 Å². The maximum absolute atomic E-state index is 12.7. The Kier molecular flexibility index (Phi) is 5.90. The zero-order valence-corrected chi connectivity index (χ0v) is 16.9. The van der Waals surface area contributed by atoms with E-state index in [0.29, 0.717) is 30.0 Å². The normalized spacial score (nSPS) is 16.0. The Morgan fingerprint density at radius 1 is 1.21 bits per heavy atom. The van der Waals surface area contributed by atoms with E-state index in [1.807, 2.05) is 0 Å². The molecule has 152 valence electrons. The molecule has 1 amide bonds. The summed E-state index contributed by atoms with van der Waals surface area (Å²) < 4.78 is 38.7. The van der Waals surface area contributed by atoms with Crippen LogP contribution in [-0.4, -0.2) is 55.5 Å². The quantitative estimate of drug-likeness (QED) is 0.777. The Hall–Kier alpha value is -2.59. The van der Waals surface area contributed by atoms with Crippen LogP contribution in [0.4, 0.5) is 5.69 Å². The molecule has 2 aromatic rings. The van der Waals surface area contributed by atoms with E-state index in [-0.39, 0.29) is 29.9 Å². The van der Waals surface area contributed by atoms with Crippen molar-refractivity contribution in [3.8, 4) is 11.5 Å². The lowest BCUT2D eigenvalue weighted by Gasteiger charge is -2.30. The molecular formula is C18H24N4O5S. The van der Waals surface area contributed by atoms with Gasteiger partial charge in [0.05, 0.1) is 26.2 Å². The molecule has 0 bridgehead atoms. The van der Waals surface area contributed by atoms with Crippen molar-refractivity contribution in [3.05, 3.63) is 30.7 Å². The number of hydrogen-bond donors (Lipinski definition) is 1. The topological polar surface area (TPSA) is 103 Å². The van der Waals surface area contributed by atoms with Gasteiger partial charge in [-0.3, -0.25) is 4.79 Å². The standard InChI is InChI=1S/C18H24N4O5S/c1-21-11-17(19-12-21)28(24,25)22-8-6-13(7-9-22)18(23)20-15-10-14(26-2)4-5-16(15)27-3/h4-5,10-13H,6-9H2,1-3H3,(H,20,23). The van der Waals surface area contributed by atoms with Crippen LogP contribution in [0.1, 0.15) is 12.8 Å². The van der Waals surface area contributed by atoms with Crippen molar-refractivity contribution in [1.82, 2.24) is 13.9 Å². The van der Waals surface area contributed by atoms with Gasteiger partial charge in [-0.15, -0.1) is 0 Å². The van der Waals surface area contributed by atoms with Gasteiger partial charge < -0.3 is 19.4 Å². The third-order valence-corrected chi connectivity index (χ3v) is 6.56. The van der Waals surface area contributed by atoms with E-state index in [1.54, 1.807) is 36.9 Å². The van der Waals surface area contributed by atoms with Crippen molar-refractivity contribution in [2.24, 2.45) is 13.0 Å². The highest BCUT2D eigenvalue weighted by molar-refractivity contribution is 7.89. The molecule has 1 aromatic carbocycles. The van der Waals surface area contributed by atoms with E-state index in [9.17, 15) is 13.2 Å². The fourth-order valence-corrected chi connectivity index (χ4v) is 4.60. The molecule has 0 saturated carbocycles. The van der Waals surface area contributed by atoms with Crippen molar-refractivity contribution in [1.29, 1.82) is 0 Å². The van der Waals surface area contributed by atoms with E-state index in [0.717, 1.165) is 0 Å². The molecule has 1 N–H and O–H groups in total. The highest BCUT2D eigenvalue weighted by atomic mass is 32.2. The smallest absolute Gasteiger partial charge is 0.262 e. The van der Waals surface area contributed by atoms with Crippen LogP contribution in [0.2, 0.25) is 0 Å². The lowest BCUT2D eigenvalue weighted by Crippen LogP contribution is -2.41. The number of carbonyl (C=O) groups is 1. The summed E-state index contributed by atoms with van der Waals surface area (Å²) in [4.78, 5) is 16.6. The van der Waals surface area contributed by atoms with Gasteiger partial charge in [0, 0.05) is 38.3 Å². The summed E-state index contributed by atoms with van der Waals surface area (Å²) in [6, 6.07) is 5.16. The molecule has 0 spiro atoms. The Bertz CT molecular complexity index is 949. The third-order valence-electron chi connectivity index (χ3n) is 4.77. The second kappa shape index (κ2) is 8.19. The van der Waals surface area contributed by atoms with Crippen LogP contribution in [-0.2, 0) is 21.9 Å². The molecule has 0 atom stereocenters. The Morgan fingerprint density at radius 3 is 2.50 bits per heavy atom. The fraction of sp³-hybridized carbons (Fsp3) is 0.444. The number of aryl methyl sites for hydroxylation is 1. The summed E-state index contributed by atoms with van der Waals surface area (Å²) in [6.07, 6.45) is 3.80. The van der Waals surface area contributed by atoms with Crippen LogP contribution >= 0.6 is 0 Å². The van der Waals surface area contributed by atoms with Gasteiger partial charge >= 0.3 is 0 Å². The molecule has 1 aromatic heterocycles. The number of carbonyl (C=O) groups excluding carboxylic acids is 1. The van der Waals surface area contributed by atoms with Gasteiger partial charge in [0.2, 0.25) is 5.91 Å². The first-order valence-electron chi connectivity index (χ1n) is 8.86. The van der Waals surface area contributed by atoms with E-state index >= 15 is 0 Å². The zero-order chi connectivity index (χ0) is 20.3. The molecule has 1 saturated heterocycles. The van der Waals surface area contributed by atoms with E-state index < -0.39 is 10.0 Å². The number of ether oxygens (including phenoxy) is 2. The first-order valence-corrected chi connectivity index (χ1v) is 10.3. The van der Waals surface area contributed by atoms with E-state index in [1.165, 1.54) is 23.9 Å². The average Bonchev–Trinajstić information content (AvgIpc) is 3.15. The van der Waals surface area contributed by atoms with Crippen LogP contribution < -0.4 is 14.8 Å². The largest absolute Gasteiger partial charge is 0.497 e. The van der Waals surface area contributed by atoms with Gasteiger partial charge in [0.15, 0.2) is 5.03 Å². The average molecular weight is 408 g/mol. The number of rotatable bonds is 6. The van der Waals surface area contributed by atoms with E-state index in [4.69, 9.17) is 9.47 Å². The Labute approximate surface area is 164 Å². The van der Waals surface area contributed by atoms with Crippen LogP contribution in [0.5, 0.6) is 11.5 Å². The minimum Gasteiger partial charge on any atom is -0.497 e. The number of hydrogen-bond acceptors (Lipinski definition) is 6. The van der Waals surface area contributed by atoms with Crippen molar-refractivity contribution in [2.75, 3.05) is 32.6 Å². The molecule has 0 radical (unpaired) electrons. The number of aromatic nitrogens is 2. The summed E-state index contributed by atoms with van der Waals surface area (Å²) in [7, 11) is 1.15. The molecule has 1 aliphatic heterocycles. The number of piperidine rings is 1. The van der Waals surface area contributed by atoms with Crippen LogP contribution in [0.3, 0.4) is 0 Å². The van der Waals surface area contributed by atoms with Gasteiger partial charge in [-0.25, -0.2) is 13.4 Å². The number of anilines is 1. The molecule has 28 heavy (non-hydrogen) atoms. The van der Waals surface area contributed by atoms with Gasteiger partial charge in [-0.1, -0.05) is 0 Å². The second-order valence-corrected chi connectivity index (χ2v) is 8.50. The number of amides is 1. The number of nitrogens with zero attached hydrogens (tertiary/aromatic N) is 3. The number of sulfonamides is 1. The van der Waals surface area contributed by atoms with Crippen LogP contribution in [0.15, 0.2) is 35.7 Å². The molecule has 1 aliphatic rings. The summed E-state index contributed by atoms with van der Waals surface area (Å²) >= 11 is 0. The van der Waals surface area contributed by atoms with Crippen molar-refractivity contribution in [3.63, 3.8) is 0 Å². The molecule has 0 unspecified atom stereocenters. The number of nitrogens with one attached hydrogen (secondary N) is 1. The first kappa shape index (κ1) is 20.2. The number of benzene rings is 1. The molecule has 9 nitrogen and oxygen atoms in total. The first-order chi connectivity index (χ1) is 13.3. The summed E-state index contributed by atoms with van der Waals surface area (Å²) in [5, 5.41) is 2.89. The van der Waals surface area contributed by atoms with Crippen molar-refractivity contribution < 1.29 is 22.7 Å². The SMILES string of the molecule is COc1ccc(OC)c(NC(=O)C2CCN(S(=O)(=O)c3cn(C)cn3)CC2)c1. The maximum atomic E-state index is 12.7. The van der Waals surface area contributed by atoms with Crippen molar-refractivity contribution in [2.45, 2.75) is 17.9 Å². The van der Waals surface area contributed by atoms with Gasteiger partial charge in [-0.05, 0) is 25.0 Å². The summed E-state index contributed by atoms with van der Waals surface area (Å²) in [5.74, 6) is 0.684. The van der Waals surface area contributed by atoms with Gasteiger partial charge in [0.1, 0.15) is 11.5 Å². The molecule has 1 fully saturated rings. The monoisotopic (exact) mass is 408 g/mol. The lowest BCUT2D eigenvalue weighted by atomic mass is 9.97. The van der Waals surface area contributed by atoms with Crippen LogP contribution in [0.25, 0.3) is 0 Å². The molecule has 2 heterocycles.